The normalized spacial score (nSPS) is 10.5. The summed E-state index contributed by atoms with van der Waals surface area (Å²) in [5, 5.41) is 5.85. The molecule has 3 aromatic rings. The van der Waals surface area contributed by atoms with Gasteiger partial charge in [-0.1, -0.05) is 29.3 Å². The molecule has 0 aliphatic heterocycles. The number of rotatable bonds is 4. The highest BCUT2D eigenvalue weighted by atomic mass is 35.5. The number of carbonyl (C=O) groups is 1. The highest BCUT2D eigenvalue weighted by Gasteiger charge is 2.10. The van der Waals surface area contributed by atoms with E-state index in [0.29, 0.717) is 10.0 Å². The van der Waals surface area contributed by atoms with Crippen LogP contribution in [0.15, 0.2) is 54.2 Å². The van der Waals surface area contributed by atoms with Crippen molar-refractivity contribution in [3.8, 4) is 10.4 Å². The minimum absolute atomic E-state index is 0.117. The Balaban J connectivity index is 1.68. The van der Waals surface area contributed by atoms with Gasteiger partial charge < -0.3 is 5.32 Å². The summed E-state index contributed by atoms with van der Waals surface area (Å²) in [6.07, 6.45) is 3.70. The highest BCUT2D eigenvalue weighted by Crippen LogP contribution is 2.29. The topological polar surface area (TPSA) is 42.0 Å². The fraction of sp³-hybridized carbons (Fsp3) is 0.0588. The number of hydrogen-bond donors (Lipinski definition) is 1. The standard InChI is InChI=1S/C17H12Cl2N2OS/c18-13-2-1-12(15(19)8-13)7-17(22)21-14-9-16(23-10-14)11-3-5-20-6-4-11/h1-6,8-10H,7H2,(H,21,22). The van der Waals surface area contributed by atoms with Crippen LogP contribution in [0.1, 0.15) is 5.56 Å². The predicted octanol–water partition coefficient (Wildman–Crippen LogP) is 5.30. The van der Waals surface area contributed by atoms with Gasteiger partial charge in [-0.15, -0.1) is 11.3 Å². The number of aromatic nitrogens is 1. The summed E-state index contributed by atoms with van der Waals surface area (Å²) < 4.78 is 0. The summed E-state index contributed by atoms with van der Waals surface area (Å²) in [5.74, 6) is -0.117. The van der Waals surface area contributed by atoms with Crippen LogP contribution in [0.25, 0.3) is 10.4 Å². The van der Waals surface area contributed by atoms with Gasteiger partial charge in [0.05, 0.1) is 12.1 Å². The molecule has 0 saturated heterocycles. The molecule has 0 atom stereocenters. The lowest BCUT2D eigenvalue weighted by atomic mass is 10.1. The van der Waals surface area contributed by atoms with Crippen LogP contribution in [0.3, 0.4) is 0 Å². The second-order valence-corrected chi connectivity index (χ2v) is 6.65. The van der Waals surface area contributed by atoms with Gasteiger partial charge in [0.1, 0.15) is 0 Å². The van der Waals surface area contributed by atoms with Gasteiger partial charge in [-0.05, 0) is 41.5 Å². The van der Waals surface area contributed by atoms with E-state index in [1.807, 2.05) is 23.6 Å². The Morgan fingerprint density at radius 1 is 1.13 bits per heavy atom. The van der Waals surface area contributed by atoms with Crippen molar-refractivity contribution in [3.05, 3.63) is 69.8 Å². The van der Waals surface area contributed by atoms with Crippen molar-refractivity contribution in [2.24, 2.45) is 0 Å². The molecular weight excluding hydrogens is 351 g/mol. The van der Waals surface area contributed by atoms with Crippen LogP contribution in [-0.2, 0) is 11.2 Å². The molecule has 0 aliphatic carbocycles. The predicted molar refractivity (Wildman–Crippen MR) is 96.3 cm³/mol. The van der Waals surface area contributed by atoms with Gasteiger partial charge >= 0.3 is 0 Å². The molecule has 0 radical (unpaired) electrons. The van der Waals surface area contributed by atoms with Gasteiger partial charge in [-0.2, -0.15) is 0 Å². The maximum Gasteiger partial charge on any atom is 0.228 e. The van der Waals surface area contributed by atoms with E-state index in [-0.39, 0.29) is 12.3 Å². The molecule has 0 bridgehead atoms. The maximum absolute atomic E-state index is 12.2. The molecule has 23 heavy (non-hydrogen) atoms. The molecule has 2 heterocycles. The fourth-order valence-corrected chi connectivity index (χ4v) is 3.44. The third-order valence-electron chi connectivity index (χ3n) is 3.21. The zero-order valence-electron chi connectivity index (χ0n) is 11.9. The average Bonchev–Trinajstić information content (AvgIpc) is 2.99. The van der Waals surface area contributed by atoms with Crippen molar-refractivity contribution in [3.63, 3.8) is 0 Å². The molecule has 1 aromatic carbocycles. The van der Waals surface area contributed by atoms with Gasteiger partial charge in [-0.3, -0.25) is 9.78 Å². The Morgan fingerprint density at radius 3 is 2.65 bits per heavy atom. The summed E-state index contributed by atoms with van der Waals surface area (Å²) in [5.41, 5.74) is 2.60. The van der Waals surface area contributed by atoms with Gasteiger partial charge in [0.2, 0.25) is 5.91 Å². The Bertz CT molecular complexity index is 834. The van der Waals surface area contributed by atoms with Crippen molar-refractivity contribution in [2.75, 3.05) is 5.32 Å². The van der Waals surface area contributed by atoms with Crippen LogP contribution in [0.5, 0.6) is 0 Å². The van der Waals surface area contributed by atoms with Crippen LogP contribution in [0.4, 0.5) is 5.69 Å². The lowest BCUT2D eigenvalue weighted by Gasteiger charge is -2.05. The Labute approximate surface area is 147 Å². The first-order chi connectivity index (χ1) is 11.1. The molecule has 3 rings (SSSR count). The molecular formula is C17H12Cl2N2OS. The highest BCUT2D eigenvalue weighted by molar-refractivity contribution is 7.14. The second-order valence-electron chi connectivity index (χ2n) is 4.90. The second kappa shape index (κ2) is 7.13. The Hall–Kier alpha value is -1.88. The van der Waals surface area contributed by atoms with Crippen molar-refractivity contribution in [1.29, 1.82) is 0 Å². The average molecular weight is 363 g/mol. The van der Waals surface area contributed by atoms with E-state index in [4.69, 9.17) is 23.2 Å². The molecule has 2 aromatic heterocycles. The minimum atomic E-state index is -0.117. The first-order valence-electron chi connectivity index (χ1n) is 6.84. The molecule has 1 N–H and O–H groups in total. The monoisotopic (exact) mass is 362 g/mol. The lowest BCUT2D eigenvalue weighted by molar-refractivity contribution is -0.115. The number of benzene rings is 1. The number of hydrogen-bond acceptors (Lipinski definition) is 3. The largest absolute Gasteiger partial charge is 0.325 e. The first kappa shape index (κ1) is 16.0. The van der Waals surface area contributed by atoms with Crippen LogP contribution in [-0.4, -0.2) is 10.9 Å². The van der Waals surface area contributed by atoms with Crippen LogP contribution in [0, 0.1) is 0 Å². The number of thiophene rings is 1. The summed E-state index contributed by atoms with van der Waals surface area (Å²) in [7, 11) is 0. The number of nitrogens with zero attached hydrogens (tertiary/aromatic N) is 1. The smallest absolute Gasteiger partial charge is 0.228 e. The molecule has 3 nitrogen and oxygen atoms in total. The van der Waals surface area contributed by atoms with E-state index in [0.717, 1.165) is 21.7 Å². The molecule has 0 unspecified atom stereocenters. The van der Waals surface area contributed by atoms with E-state index in [1.54, 1.807) is 41.9 Å². The molecule has 0 spiro atoms. The maximum atomic E-state index is 12.2. The molecule has 1 amide bonds. The van der Waals surface area contributed by atoms with Gasteiger partial charge in [0, 0.05) is 32.7 Å². The van der Waals surface area contributed by atoms with Gasteiger partial charge in [-0.25, -0.2) is 0 Å². The molecule has 0 fully saturated rings. The number of nitrogens with one attached hydrogen (secondary N) is 1. The van der Waals surface area contributed by atoms with Gasteiger partial charge in [0.15, 0.2) is 0 Å². The van der Waals surface area contributed by atoms with E-state index in [9.17, 15) is 4.79 Å². The van der Waals surface area contributed by atoms with E-state index in [2.05, 4.69) is 10.3 Å². The van der Waals surface area contributed by atoms with E-state index in [1.165, 1.54) is 0 Å². The minimum Gasteiger partial charge on any atom is -0.325 e. The number of carbonyl (C=O) groups excluding carboxylic acids is 1. The summed E-state index contributed by atoms with van der Waals surface area (Å²) in [6, 6.07) is 10.9. The third kappa shape index (κ3) is 4.10. The zero-order chi connectivity index (χ0) is 16.2. The van der Waals surface area contributed by atoms with Crippen molar-refractivity contribution >= 4 is 46.1 Å². The summed E-state index contributed by atoms with van der Waals surface area (Å²) in [4.78, 5) is 17.2. The Morgan fingerprint density at radius 2 is 1.91 bits per heavy atom. The van der Waals surface area contributed by atoms with E-state index < -0.39 is 0 Å². The number of amides is 1. The van der Waals surface area contributed by atoms with Crippen LogP contribution >= 0.6 is 34.5 Å². The fourth-order valence-electron chi connectivity index (χ4n) is 2.11. The Kier molecular flexibility index (Phi) is 4.96. The van der Waals surface area contributed by atoms with Crippen LogP contribution < -0.4 is 5.32 Å². The molecule has 0 aliphatic rings. The van der Waals surface area contributed by atoms with E-state index >= 15 is 0 Å². The van der Waals surface area contributed by atoms with Gasteiger partial charge in [0.25, 0.3) is 0 Å². The van der Waals surface area contributed by atoms with Crippen LogP contribution in [0.2, 0.25) is 10.0 Å². The van der Waals surface area contributed by atoms with Crippen molar-refractivity contribution in [2.45, 2.75) is 6.42 Å². The molecule has 0 saturated carbocycles. The SMILES string of the molecule is O=C(Cc1ccc(Cl)cc1Cl)Nc1csc(-c2ccncc2)c1. The zero-order valence-corrected chi connectivity index (χ0v) is 14.3. The third-order valence-corrected chi connectivity index (χ3v) is 4.78. The summed E-state index contributed by atoms with van der Waals surface area (Å²) in [6.45, 7) is 0. The number of pyridine rings is 1. The number of anilines is 1. The number of halogens is 2. The molecule has 116 valence electrons. The van der Waals surface area contributed by atoms with Crippen molar-refractivity contribution in [1.82, 2.24) is 4.98 Å². The van der Waals surface area contributed by atoms with Crippen molar-refractivity contribution < 1.29 is 4.79 Å². The quantitative estimate of drug-likeness (QED) is 0.684. The summed E-state index contributed by atoms with van der Waals surface area (Å²) >= 11 is 13.5. The lowest BCUT2D eigenvalue weighted by Crippen LogP contribution is -2.14. The first-order valence-corrected chi connectivity index (χ1v) is 8.48. The molecule has 6 heteroatoms.